The summed E-state index contributed by atoms with van der Waals surface area (Å²) in [7, 11) is -3.23. The van der Waals surface area contributed by atoms with Crippen molar-refractivity contribution >= 4 is 20.9 Å². The number of nitrogens with zero attached hydrogens (tertiary/aromatic N) is 1. The van der Waals surface area contributed by atoms with E-state index in [9.17, 15) is 8.42 Å². The Morgan fingerprint density at radius 3 is 2.60 bits per heavy atom. The minimum atomic E-state index is -3.23. The van der Waals surface area contributed by atoms with Crippen LogP contribution in [0.5, 0.6) is 0 Å². The predicted octanol–water partition coefficient (Wildman–Crippen LogP) is 3.48. The van der Waals surface area contributed by atoms with E-state index in [1.165, 1.54) is 31.9 Å². The van der Waals surface area contributed by atoms with Gasteiger partial charge in [0.05, 0.1) is 10.4 Å². The topological polar surface area (TPSA) is 62.8 Å². The normalized spacial score (nSPS) is 12.1. The van der Waals surface area contributed by atoms with Gasteiger partial charge in [0, 0.05) is 12.7 Å². The van der Waals surface area contributed by atoms with Crippen LogP contribution in [-0.2, 0) is 16.3 Å². The van der Waals surface area contributed by atoms with Crippen molar-refractivity contribution in [3.63, 3.8) is 0 Å². The first-order chi connectivity index (χ1) is 9.52. The summed E-state index contributed by atoms with van der Waals surface area (Å²) in [5.41, 5.74) is 1.37. The maximum absolute atomic E-state index is 11.7. The molecule has 1 N–H and O–H groups in total. The fourth-order valence-corrected chi connectivity index (χ4v) is 3.20. The first kappa shape index (κ1) is 15.0. The summed E-state index contributed by atoms with van der Waals surface area (Å²) in [5, 5.41) is 0. The van der Waals surface area contributed by atoms with Crippen LogP contribution in [-0.4, -0.2) is 24.6 Å². The lowest BCUT2D eigenvalue weighted by molar-refractivity contribution is 0.602. The van der Waals surface area contributed by atoms with Gasteiger partial charge in [-0.25, -0.2) is 13.4 Å². The molecular formula is C15H22N2O2S. The Morgan fingerprint density at radius 2 is 1.90 bits per heavy atom. The summed E-state index contributed by atoms with van der Waals surface area (Å²) in [6.07, 6.45) is 8.16. The molecule has 0 saturated carbocycles. The van der Waals surface area contributed by atoms with Crippen LogP contribution in [0, 0.1) is 0 Å². The van der Waals surface area contributed by atoms with Gasteiger partial charge in [-0.2, -0.15) is 0 Å². The van der Waals surface area contributed by atoms with E-state index in [2.05, 4.69) is 16.9 Å². The Kier molecular flexibility index (Phi) is 4.81. The molecule has 0 bridgehead atoms. The highest BCUT2D eigenvalue weighted by Gasteiger charge is 2.14. The fraction of sp³-hybridized carbons (Fsp3) is 0.533. The minimum absolute atomic E-state index is 0.309. The molecule has 2 aromatic rings. The number of sulfone groups is 1. The molecule has 0 amide bonds. The lowest BCUT2D eigenvalue weighted by atomic mass is 10.1. The molecule has 0 aliphatic heterocycles. The minimum Gasteiger partial charge on any atom is -0.342 e. The largest absolute Gasteiger partial charge is 0.342 e. The van der Waals surface area contributed by atoms with Crippen molar-refractivity contribution in [2.45, 2.75) is 50.3 Å². The summed E-state index contributed by atoms with van der Waals surface area (Å²) < 4.78 is 23.5. The molecule has 0 unspecified atom stereocenters. The highest BCUT2D eigenvalue weighted by Crippen LogP contribution is 2.21. The molecule has 1 aromatic carbocycles. The average molecular weight is 294 g/mol. The number of para-hydroxylation sites is 1. The zero-order valence-electron chi connectivity index (χ0n) is 12.1. The fourth-order valence-electron chi connectivity index (χ4n) is 2.37. The Labute approximate surface area is 120 Å². The van der Waals surface area contributed by atoms with Crippen LogP contribution in [0.25, 0.3) is 11.0 Å². The lowest BCUT2D eigenvalue weighted by Crippen LogP contribution is -1.97. The van der Waals surface area contributed by atoms with E-state index in [4.69, 9.17) is 0 Å². The molecule has 0 aliphatic carbocycles. The maximum atomic E-state index is 11.7. The third-order valence-electron chi connectivity index (χ3n) is 3.44. The zero-order valence-corrected chi connectivity index (χ0v) is 13.0. The molecule has 5 heteroatoms. The molecule has 2 rings (SSSR count). The second kappa shape index (κ2) is 6.39. The molecule has 0 fully saturated rings. The van der Waals surface area contributed by atoms with Crippen LogP contribution in [0.4, 0.5) is 0 Å². The van der Waals surface area contributed by atoms with E-state index in [-0.39, 0.29) is 0 Å². The summed E-state index contributed by atoms with van der Waals surface area (Å²) in [6.45, 7) is 2.20. The number of nitrogens with one attached hydrogen (secondary N) is 1. The van der Waals surface area contributed by atoms with Crippen LogP contribution in [0.15, 0.2) is 23.1 Å². The van der Waals surface area contributed by atoms with Crippen molar-refractivity contribution < 1.29 is 8.42 Å². The number of hydrogen-bond donors (Lipinski definition) is 1. The molecule has 4 nitrogen and oxygen atoms in total. The van der Waals surface area contributed by atoms with Gasteiger partial charge < -0.3 is 4.98 Å². The standard InChI is InChI=1S/C15H22N2O2S/c1-3-4-5-6-7-11-14-16-12-9-8-10-13(15(12)17-14)20(2,18)19/h8-10H,3-7,11H2,1-2H3,(H,16,17). The van der Waals surface area contributed by atoms with Crippen molar-refractivity contribution in [1.82, 2.24) is 9.97 Å². The van der Waals surface area contributed by atoms with Crippen LogP contribution >= 0.6 is 0 Å². The Balaban J connectivity index is 2.13. The molecule has 1 aromatic heterocycles. The molecule has 20 heavy (non-hydrogen) atoms. The van der Waals surface area contributed by atoms with E-state index in [0.29, 0.717) is 10.4 Å². The monoisotopic (exact) mass is 294 g/mol. The number of hydrogen-bond acceptors (Lipinski definition) is 3. The zero-order chi connectivity index (χ0) is 14.6. The lowest BCUT2D eigenvalue weighted by Gasteiger charge is -1.98. The number of aryl methyl sites for hydroxylation is 1. The molecule has 0 spiro atoms. The Morgan fingerprint density at radius 1 is 1.15 bits per heavy atom. The van der Waals surface area contributed by atoms with Crippen molar-refractivity contribution in [3.8, 4) is 0 Å². The predicted molar refractivity (Wildman–Crippen MR) is 81.7 cm³/mol. The van der Waals surface area contributed by atoms with Crippen LogP contribution < -0.4 is 0 Å². The molecule has 110 valence electrons. The van der Waals surface area contributed by atoms with Gasteiger partial charge in [-0.1, -0.05) is 38.7 Å². The number of rotatable bonds is 7. The smallest absolute Gasteiger partial charge is 0.177 e. The number of aromatic nitrogens is 2. The van der Waals surface area contributed by atoms with Crippen LogP contribution in [0.3, 0.4) is 0 Å². The number of fused-ring (bicyclic) bond motifs is 1. The molecule has 0 atom stereocenters. The summed E-state index contributed by atoms with van der Waals surface area (Å²) in [6, 6.07) is 5.24. The highest BCUT2D eigenvalue weighted by molar-refractivity contribution is 7.91. The van der Waals surface area contributed by atoms with Crippen molar-refractivity contribution in [1.29, 1.82) is 0 Å². The molecule has 0 radical (unpaired) electrons. The van der Waals surface area contributed by atoms with Gasteiger partial charge in [0.1, 0.15) is 11.3 Å². The Bertz CT molecular complexity index is 674. The van der Waals surface area contributed by atoms with Gasteiger partial charge in [-0.3, -0.25) is 0 Å². The van der Waals surface area contributed by atoms with Crippen LogP contribution in [0.2, 0.25) is 0 Å². The van der Waals surface area contributed by atoms with Gasteiger partial charge in [-0.05, 0) is 18.6 Å². The summed E-state index contributed by atoms with van der Waals surface area (Å²) >= 11 is 0. The van der Waals surface area contributed by atoms with E-state index in [1.807, 2.05) is 6.07 Å². The third kappa shape index (κ3) is 3.60. The average Bonchev–Trinajstić information content (AvgIpc) is 2.79. The van der Waals surface area contributed by atoms with Gasteiger partial charge in [-0.15, -0.1) is 0 Å². The van der Waals surface area contributed by atoms with Crippen molar-refractivity contribution in [2.24, 2.45) is 0 Å². The number of aromatic amines is 1. The third-order valence-corrected chi connectivity index (χ3v) is 4.57. The molecule has 0 aliphatic rings. The van der Waals surface area contributed by atoms with Gasteiger partial charge >= 0.3 is 0 Å². The van der Waals surface area contributed by atoms with E-state index in [1.54, 1.807) is 12.1 Å². The first-order valence-corrected chi connectivity index (χ1v) is 9.09. The summed E-state index contributed by atoms with van der Waals surface area (Å²) in [5.74, 6) is 0.882. The van der Waals surface area contributed by atoms with Gasteiger partial charge in [0.15, 0.2) is 9.84 Å². The molecular weight excluding hydrogens is 272 g/mol. The molecule has 0 saturated heterocycles. The van der Waals surface area contributed by atoms with E-state index in [0.717, 1.165) is 24.2 Å². The number of imidazole rings is 1. The Hall–Kier alpha value is -1.36. The quantitative estimate of drug-likeness (QED) is 0.795. The highest BCUT2D eigenvalue weighted by atomic mass is 32.2. The first-order valence-electron chi connectivity index (χ1n) is 7.20. The van der Waals surface area contributed by atoms with Gasteiger partial charge in [0.25, 0.3) is 0 Å². The van der Waals surface area contributed by atoms with Crippen molar-refractivity contribution in [2.75, 3.05) is 6.26 Å². The van der Waals surface area contributed by atoms with Crippen LogP contribution in [0.1, 0.15) is 44.9 Å². The summed E-state index contributed by atoms with van der Waals surface area (Å²) in [4.78, 5) is 7.99. The second-order valence-electron chi connectivity index (χ2n) is 5.27. The van der Waals surface area contributed by atoms with E-state index < -0.39 is 9.84 Å². The molecule has 1 heterocycles. The number of unbranched alkanes of at least 4 members (excludes halogenated alkanes) is 4. The second-order valence-corrected chi connectivity index (χ2v) is 7.26. The van der Waals surface area contributed by atoms with Gasteiger partial charge in [0.2, 0.25) is 0 Å². The maximum Gasteiger partial charge on any atom is 0.177 e. The SMILES string of the molecule is CCCCCCCc1nc2c(S(C)(=O)=O)cccc2[nH]1. The van der Waals surface area contributed by atoms with E-state index >= 15 is 0 Å². The van der Waals surface area contributed by atoms with Crippen molar-refractivity contribution in [3.05, 3.63) is 24.0 Å². The number of benzene rings is 1. The number of H-pyrrole nitrogens is 1.